The number of piperazine rings is 1. The number of carboxylic acid groups (broad SMARTS) is 2. The highest BCUT2D eigenvalue weighted by atomic mass is 19.1. The van der Waals surface area contributed by atoms with Gasteiger partial charge in [-0.3, -0.25) is 9.69 Å². The van der Waals surface area contributed by atoms with Crippen LogP contribution in [0.4, 0.5) is 4.39 Å². The lowest BCUT2D eigenvalue weighted by Crippen LogP contribution is -2.49. The molecule has 0 radical (unpaired) electrons. The fourth-order valence-electron chi connectivity index (χ4n) is 3.93. The van der Waals surface area contributed by atoms with Crippen molar-refractivity contribution in [3.05, 3.63) is 107 Å². The molecule has 0 aliphatic carbocycles. The van der Waals surface area contributed by atoms with Crippen LogP contribution in [0, 0.1) is 5.82 Å². The Morgan fingerprint density at radius 1 is 0.714 bits per heavy atom. The number of aliphatic carboxylic acids is 2. The molecule has 1 aliphatic rings. The van der Waals surface area contributed by atoms with Gasteiger partial charge in [0.2, 0.25) is 5.91 Å². The zero-order valence-electron chi connectivity index (χ0n) is 19.1. The fourth-order valence-corrected chi connectivity index (χ4v) is 3.93. The topological polar surface area (TPSA) is 98.2 Å². The van der Waals surface area contributed by atoms with Crippen LogP contribution in [0.3, 0.4) is 0 Å². The van der Waals surface area contributed by atoms with Gasteiger partial charge in [-0.05, 0) is 28.8 Å². The van der Waals surface area contributed by atoms with Gasteiger partial charge in [0.05, 0.1) is 5.92 Å². The molecule has 35 heavy (non-hydrogen) atoms. The van der Waals surface area contributed by atoms with Crippen molar-refractivity contribution in [3.63, 3.8) is 0 Å². The quantitative estimate of drug-likeness (QED) is 0.545. The highest BCUT2D eigenvalue weighted by Gasteiger charge is 2.29. The third kappa shape index (κ3) is 7.48. The SMILES string of the molecule is O=C(C(c1ccccc1)c1ccccc1)N1CCN(Cc2ccc(F)cc2)CC1.O=C(O)C(=O)O. The predicted octanol–water partition coefficient (Wildman–Crippen LogP) is 3.46. The molecular weight excluding hydrogens is 451 g/mol. The maximum Gasteiger partial charge on any atom is 0.414 e. The van der Waals surface area contributed by atoms with Gasteiger partial charge in [-0.2, -0.15) is 0 Å². The molecule has 2 N–H and O–H groups in total. The van der Waals surface area contributed by atoms with Crippen molar-refractivity contribution in [2.75, 3.05) is 26.2 Å². The van der Waals surface area contributed by atoms with Crippen LogP contribution in [0.15, 0.2) is 84.9 Å². The van der Waals surface area contributed by atoms with Crippen molar-refractivity contribution in [2.24, 2.45) is 0 Å². The van der Waals surface area contributed by atoms with E-state index >= 15 is 0 Å². The number of hydrogen-bond acceptors (Lipinski definition) is 4. The minimum atomic E-state index is -1.82. The minimum Gasteiger partial charge on any atom is -0.473 e. The van der Waals surface area contributed by atoms with Gasteiger partial charge in [0.25, 0.3) is 0 Å². The molecule has 1 aliphatic heterocycles. The van der Waals surface area contributed by atoms with E-state index in [-0.39, 0.29) is 17.6 Å². The summed E-state index contributed by atoms with van der Waals surface area (Å²) in [7, 11) is 0. The lowest BCUT2D eigenvalue weighted by Gasteiger charge is -2.36. The van der Waals surface area contributed by atoms with Gasteiger partial charge in [-0.1, -0.05) is 72.8 Å². The number of carboxylic acids is 2. The minimum absolute atomic E-state index is 0.156. The molecule has 3 aromatic rings. The molecule has 1 heterocycles. The zero-order chi connectivity index (χ0) is 25.2. The van der Waals surface area contributed by atoms with Crippen LogP contribution in [0.25, 0.3) is 0 Å². The molecule has 4 rings (SSSR count). The Morgan fingerprint density at radius 2 is 1.17 bits per heavy atom. The smallest absolute Gasteiger partial charge is 0.414 e. The molecule has 182 valence electrons. The average Bonchev–Trinajstić information content (AvgIpc) is 2.87. The Hall–Kier alpha value is -4.04. The van der Waals surface area contributed by atoms with Gasteiger partial charge in [-0.15, -0.1) is 0 Å². The van der Waals surface area contributed by atoms with Gasteiger partial charge in [0.1, 0.15) is 5.82 Å². The van der Waals surface area contributed by atoms with Gasteiger partial charge >= 0.3 is 11.9 Å². The fraction of sp³-hybridized carbons (Fsp3) is 0.222. The van der Waals surface area contributed by atoms with E-state index < -0.39 is 11.9 Å². The molecule has 0 spiro atoms. The number of benzene rings is 3. The van der Waals surface area contributed by atoms with Crippen molar-refractivity contribution in [1.82, 2.24) is 9.80 Å². The second-order valence-electron chi connectivity index (χ2n) is 8.09. The van der Waals surface area contributed by atoms with Crippen LogP contribution < -0.4 is 0 Å². The van der Waals surface area contributed by atoms with Crippen LogP contribution in [0.2, 0.25) is 0 Å². The van der Waals surface area contributed by atoms with Crippen LogP contribution in [0.1, 0.15) is 22.6 Å². The lowest BCUT2D eigenvalue weighted by molar-refractivity contribution is -0.159. The van der Waals surface area contributed by atoms with Crippen molar-refractivity contribution >= 4 is 17.8 Å². The number of carbonyl (C=O) groups is 3. The number of halogens is 1. The Bertz CT molecular complexity index is 1060. The van der Waals surface area contributed by atoms with E-state index in [9.17, 15) is 9.18 Å². The summed E-state index contributed by atoms with van der Waals surface area (Å²) in [6.07, 6.45) is 0. The summed E-state index contributed by atoms with van der Waals surface area (Å²) in [6, 6.07) is 26.7. The number of carbonyl (C=O) groups excluding carboxylic acids is 1. The van der Waals surface area contributed by atoms with E-state index in [1.54, 1.807) is 0 Å². The first-order chi connectivity index (χ1) is 16.8. The highest BCUT2D eigenvalue weighted by molar-refractivity contribution is 6.27. The Labute approximate surface area is 203 Å². The van der Waals surface area contributed by atoms with Crippen molar-refractivity contribution in [2.45, 2.75) is 12.5 Å². The number of amides is 1. The summed E-state index contributed by atoms with van der Waals surface area (Å²) in [5.41, 5.74) is 3.15. The first kappa shape index (κ1) is 25.6. The molecule has 1 amide bonds. The predicted molar refractivity (Wildman–Crippen MR) is 128 cm³/mol. The third-order valence-corrected chi connectivity index (χ3v) is 5.70. The third-order valence-electron chi connectivity index (χ3n) is 5.70. The first-order valence-electron chi connectivity index (χ1n) is 11.2. The summed E-state index contributed by atoms with van der Waals surface area (Å²) in [6.45, 7) is 3.83. The summed E-state index contributed by atoms with van der Waals surface area (Å²) in [5.74, 6) is -3.98. The highest BCUT2D eigenvalue weighted by Crippen LogP contribution is 2.27. The van der Waals surface area contributed by atoms with Gasteiger partial charge in [0.15, 0.2) is 0 Å². The molecule has 0 bridgehead atoms. The Morgan fingerprint density at radius 3 is 1.60 bits per heavy atom. The zero-order valence-corrected chi connectivity index (χ0v) is 19.1. The molecular formula is C27H27FN2O5. The lowest BCUT2D eigenvalue weighted by atomic mass is 9.90. The number of hydrogen-bond donors (Lipinski definition) is 2. The second kappa shape index (κ2) is 12.4. The molecule has 0 aromatic heterocycles. The van der Waals surface area contributed by atoms with Crippen molar-refractivity contribution in [3.8, 4) is 0 Å². The molecule has 8 heteroatoms. The molecule has 1 saturated heterocycles. The van der Waals surface area contributed by atoms with E-state index in [0.717, 1.165) is 36.3 Å². The van der Waals surface area contributed by atoms with E-state index in [4.69, 9.17) is 19.8 Å². The maximum atomic E-state index is 13.5. The molecule has 7 nitrogen and oxygen atoms in total. The monoisotopic (exact) mass is 478 g/mol. The number of nitrogens with zero attached hydrogens (tertiary/aromatic N) is 2. The van der Waals surface area contributed by atoms with E-state index in [0.29, 0.717) is 13.1 Å². The maximum absolute atomic E-state index is 13.5. The largest absolute Gasteiger partial charge is 0.473 e. The Balaban J connectivity index is 0.000000509. The van der Waals surface area contributed by atoms with Gasteiger partial charge in [0, 0.05) is 32.7 Å². The average molecular weight is 479 g/mol. The normalized spacial score (nSPS) is 13.6. The van der Waals surface area contributed by atoms with Gasteiger partial charge < -0.3 is 15.1 Å². The summed E-state index contributed by atoms with van der Waals surface area (Å²) >= 11 is 0. The summed E-state index contributed by atoms with van der Waals surface area (Å²) in [4.78, 5) is 36.0. The van der Waals surface area contributed by atoms with Crippen LogP contribution in [-0.2, 0) is 20.9 Å². The molecule has 0 unspecified atom stereocenters. The Kier molecular flexibility index (Phi) is 9.09. The van der Waals surface area contributed by atoms with Crippen LogP contribution >= 0.6 is 0 Å². The van der Waals surface area contributed by atoms with E-state index in [2.05, 4.69) is 4.90 Å². The molecule has 0 atom stereocenters. The van der Waals surface area contributed by atoms with Crippen molar-refractivity contribution < 1.29 is 29.0 Å². The molecule has 3 aromatic carbocycles. The molecule has 0 saturated carbocycles. The number of rotatable bonds is 5. The molecule has 1 fully saturated rings. The van der Waals surface area contributed by atoms with Crippen LogP contribution in [-0.4, -0.2) is 64.0 Å². The van der Waals surface area contributed by atoms with E-state index in [1.165, 1.54) is 12.1 Å². The summed E-state index contributed by atoms with van der Waals surface area (Å²) < 4.78 is 13.1. The summed E-state index contributed by atoms with van der Waals surface area (Å²) in [5, 5.41) is 14.8. The van der Waals surface area contributed by atoms with Crippen LogP contribution in [0.5, 0.6) is 0 Å². The first-order valence-corrected chi connectivity index (χ1v) is 11.2. The van der Waals surface area contributed by atoms with Gasteiger partial charge in [-0.25, -0.2) is 14.0 Å². The standard InChI is InChI=1S/C25H25FN2O.C2H2O4/c26-23-13-11-20(12-14-23)19-27-15-17-28(18-16-27)25(29)24(21-7-3-1-4-8-21)22-9-5-2-6-10-22;3-1(4)2(5)6/h1-14,24H,15-19H2;(H,3,4)(H,5,6). The second-order valence-corrected chi connectivity index (χ2v) is 8.09. The van der Waals surface area contributed by atoms with Crippen molar-refractivity contribution in [1.29, 1.82) is 0 Å². The van der Waals surface area contributed by atoms with E-state index in [1.807, 2.05) is 77.7 Å².